The van der Waals surface area contributed by atoms with Crippen LogP contribution in [0.5, 0.6) is 5.75 Å². The van der Waals surface area contributed by atoms with Gasteiger partial charge in [0, 0.05) is 11.8 Å². The Kier molecular flexibility index (Phi) is 4.22. The van der Waals surface area contributed by atoms with Crippen LogP contribution in [0.15, 0.2) is 46.1 Å². The van der Waals surface area contributed by atoms with Crippen LogP contribution in [0, 0.1) is 6.92 Å². The average Bonchev–Trinajstić information content (AvgIpc) is 3.03. The van der Waals surface area contributed by atoms with Gasteiger partial charge in [-0.1, -0.05) is 18.2 Å². The van der Waals surface area contributed by atoms with Crippen molar-refractivity contribution in [2.75, 3.05) is 6.61 Å². The van der Waals surface area contributed by atoms with E-state index >= 15 is 0 Å². The van der Waals surface area contributed by atoms with Gasteiger partial charge in [-0.05, 0) is 19.1 Å². The number of thiazole rings is 1. The van der Waals surface area contributed by atoms with Crippen molar-refractivity contribution in [3.63, 3.8) is 0 Å². The first-order valence-corrected chi connectivity index (χ1v) is 7.97. The van der Waals surface area contributed by atoms with Crippen LogP contribution < -0.4 is 16.0 Å². The van der Waals surface area contributed by atoms with Crippen molar-refractivity contribution in [3.05, 3.63) is 67.8 Å². The number of rotatable bonds is 5. The third-order valence-corrected chi connectivity index (χ3v) is 4.73. The number of aromatic carboxylic acids is 1. The van der Waals surface area contributed by atoms with Gasteiger partial charge in [-0.3, -0.25) is 13.8 Å². The van der Waals surface area contributed by atoms with Crippen molar-refractivity contribution in [1.82, 2.24) is 8.97 Å². The molecule has 124 valence electrons. The van der Waals surface area contributed by atoms with Gasteiger partial charge in [0.2, 0.25) is 0 Å². The molecule has 0 bridgehead atoms. The van der Waals surface area contributed by atoms with E-state index in [2.05, 4.69) is 0 Å². The maximum absolute atomic E-state index is 12.5. The van der Waals surface area contributed by atoms with Gasteiger partial charge >= 0.3 is 11.7 Å². The number of aryl methyl sites for hydroxylation is 1. The summed E-state index contributed by atoms with van der Waals surface area (Å²) in [6.45, 7) is 1.81. The summed E-state index contributed by atoms with van der Waals surface area (Å²) in [4.78, 5) is 36.3. The maximum Gasteiger partial charge on any atom is 0.347 e. The van der Waals surface area contributed by atoms with E-state index in [0.29, 0.717) is 16.1 Å². The smallest absolute Gasteiger partial charge is 0.347 e. The second-order valence-corrected chi connectivity index (χ2v) is 6.13. The molecule has 1 N–H and O–H groups in total. The molecule has 8 heteroatoms. The van der Waals surface area contributed by atoms with Crippen LogP contribution in [0.3, 0.4) is 0 Å². The van der Waals surface area contributed by atoms with Crippen molar-refractivity contribution in [3.8, 4) is 5.75 Å². The number of aromatic nitrogens is 2. The number of fused-ring (bicyclic) bond motifs is 1. The van der Waals surface area contributed by atoms with Crippen LogP contribution in [-0.2, 0) is 6.54 Å². The molecule has 0 radical (unpaired) electrons. The van der Waals surface area contributed by atoms with Gasteiger partial charge in [0.15, 0.2) is 0 Å². The molecule has 0 amide bonds. The van der Waals surface area contributed by atoms with Gasteiger partial charge in [-0.15, -0.1) is 11.3 Å². The van der Waals surface area contributed by atoms with Crippen LogP contribution in [0.1, 0.15) is 15.2 Å². The molecule has 2 aromatic heterocycles. The Hall–Kier alpha value is -2.87. The Morgan fingerprint density at radius 1 is 1.25 bits per heavy atom. The van der Waals surface area contributed by atoms with Gasteiger partial charge in [-0.25, -0.2) is 9.59 Å². The lowest BCUT2D eigenvalue weighted by atomic mass is 10.3. The normalized spacial score (nSPS) is 10.9. The lowest BCUT2D eigenvalue weighted by Gasteiger charge is -2.09. The molecule has 0 aliphatic heterocycles. The monoisotopic (exact) mass is 346 g/mol. The molecule has 0 fully saturated rings. The minimum Gasteiger partial charge on any atom is -0.492 e. The lowest BCUT2D eigenvalue weighted by Crippen LogP contribution is -2.39. The Balaban J connectivity index is 1.94. The Labute approximate surface area is 140 Å². The molecule has 1 aromatic carbocycles. The molecule has 0 unspecified atom stereocenters. The summed E-state index contributed by atoms with van der Waals surface area (Å²) in [6, 6.07) is 9.07. The predicted molar refractivity (Wildman–Crippen MR) is 89.4 cm³/mol. The summed E-state index contributed by atoms with van der Waals surface area (Å²) in [5, 5.41) is 9.06. The molecule has 3 aromatic rings. The van der Waals surface area contributed by atoms with E-state index in [1.54, 1.807) is 19.1 Å². The topological polar surface area (TPSA) is 90.0 Å². The quantitative estimate of drug-likeness (QED) is 0.758. The van der Waals surface area contributed by atoms with Gasteiger partial charge in [0.1, 0.15) is 22.1 Å². The zero-order valence-corrected chi connectivity index (χ0v) is 13.6. The highest BCUT2D eigenvalue weighted by Crippen LogP contribution is 2.17. The van der Waals surface area contributed by atoms with Gasteiger partial charge < -0.3 is 9.84 Å². The van der Waals surface area contributed by atoms with Crippen LogP contribution in [0.25, 0.3) is 4.83 Å². The van der Waals surface area contributed by atoms with Gasteiger partial charge in [0.05, 0.1) is 6.54 Å². The largest absolute Gasteiger partial charge is 0.492 e. The first kappa shape index (κ1) is 16.0. The molecular weight excluding hydrogens is 332 g/mol. The van der Waals surface area contributed by atoms with Crippen LogP contribution in [0.4, 0.5) is 0 Å². The number of hydrogen-bond acceptors (Lipinski definition) is 5. The molecular formula is C16H14N2O5S. The fourth-order valence-electron chi connectivity index (χ4n) is 2.33. The summed E-state index contributed by atoms with van der Waals surface area (Å²) in [6.07, 6.45) is 1.24. The molecule has 0 spiro atoms. The van der Waals surface area contributed by atoms with E-state index in [1.807, 2.05) is 18.2 Å². The second kappa shape index (κ2) is 6.32. The van der Waals surface area contributed by atoms with Crippen LogP contribution in [0.2, 0.25) is 0 Å². The van der Waals surface area contributed by atoms with Crippen LogP contribution in [-0.4, -0.2) is 26.7 Å². The molecule has 0 atom stereocenters. The average molecular weight is 346 g/mol. The van der Waals surface area contributed by atoms with Gasteiger partial charge in [0.25, 0.3) is 5.56 Å². The van der Waals surface area contributed by atoms with E-state index in [4.69, 9.17) is 9.84 Å². The number of benzene rings is 1. The number of ether oxygens (including phenoxy) is 1. The maximum atomic E-state index is 12.5. The SMILES string of the molecule is Cc1c(=O)n(CCOc2ccccc2)c(=O)n2cc(C(=O)O)sc12. The van der Waals surface area contributed by atoms with E-state index in [0.717, 1.165) is 15.9 Å². The van der Waals surface area contributed by atoms with Crippen molar-refractivity contribution in [2.45, 2.75) is 13.5 Å². The van der Waals surface area contributed by atoms with Crippen molar-refractivity contribution in [1.29, 1.82) is 0 Å². The van der Waals surface area contributed by atoms with Crippen molar-refractivity contribution < 1.29 is 14.6 Å². The Bertz CT molecular complexity index is 1020. The molecule has 3 rings (SSSR count). The van der Waals surface area contributed by atoms with E-state index in [-0.39, 0.29) is 18.0 Å². The molecule has 2 heterocycles. The summed E-state index contributed by atoms with van der Waals surface area (Å²) in [5.41, 5.74) is -0.664. The highest BCUT2D eigenvalue weighted by molar-refractivity contribution is 7.19. The summed E-state index contributed by atoms with van der Waals surface area (Å²) in [5.74, 6) is -0.485. The Morgan fingerprint density at radius 2 is 1.96 bits per heavy atom. The second-order valence-electron chi connectivity index (χ2n) is 5.10. The minimum atomic E-state index is -1.13. The van der Waals surface area contributed by atoms with E-state index in [9.17, 15) is 14.4 Å². The van der Waals surface area contributed by atoms with E-state index in [1.165, 1.54) is 10.6 Å². The van der Waals surface area contributed by atoms with Crippen LogP contribution >= 0.6 is 11.3 Å². The molecule has 0 aliphatic rings. The summed E-state index contributed by atoms with van der Waals surface area (Å²) in [7, 11) is 0. The number of carboxylic acids is 1. The molecule has 0 saturated heterocycles. The fraction of sp³-hybridized carbons (Fsp3) is 0.188. The number of carbonyl (C=O) groups is 1. The highest BCUT2D eigenvalue weighted by atomic mass is 32.1. The summed E-state index contributed by atoms with van der Waals surface area (Å²) >= 11 is 0.909. The number of carboxylic acid groups (broad SMARTS) is 1. The minimum absolute atomic E-state index is 0.00730. The van der Waals surface area contributed by atoms with Crippen molar-refractivity contribution >= 4 is 22.1 Å². The lowest BCUT2D eigenvalue weighted by molar-refractivity contribution is 0.0701. The standard InChI is InChI=1S/C16H14N2O5S/c1-10-13(19)17(7-8-23-11-5-3-2-4-6-11)16(22)18-9-12(15(20)21)24-14(10)18/h2-6,9H,7-8H2,1H3,(H,20,21). The molecule has 0 saturated carbocycles. The molecule has 7 nitrogen and oxygen atoms in total. The Morgan fingerprint density at radius 3 is 2.62 bits per heavy atom. The zero-order valence-electron chi connectivity index (χ0n) is 12.8. The predicted octanol–water partition coefficient (Wildman–Crippen LogP) is 1.61. The zero-order chi connectivity index (χ0) is 17.3. The van der Waals surface area contributed by atoms with Crippen molar-refractivity contribution in [2.24, 2.45) is 0 Å². The number of nitrogens with zero attached hydrogens (tertiary/aromatic N) is 2. The first-order valence-electron chi connectivity index (χ1n) is 7.16. The third-order valence-electron chi connectivity index (χ3n) is 3.53. The first-order chi connectivity index (χ1) is 11.5. The number of para-hydroxylation sites is 1. The third kappa shape index (κ3) is 2.83. The fourth-order valence-corrected chi connectivity index (χ4v) is 3.26. The van der Waals surface area contributed by atoms with E-state index < -0.39 is 17.2 Å². The molecule has 0 aliphatic carbocycles. The highest BCUT2D eigenvalue weighted by Gasteiger charge is 2.16. The summed E-state index contributed by atoms with van der Waals surface area (Å²) < 4.78 is 7.78. The van der Waals surface area contributed by atoms with Gasteiger partial charge in [-0.2, -0.15) is 0 Å². The number of hydrogen-bond donors (Lipinski definition) is 1. The molecule has 24 heavy (non-hydrogen) atoms.